The quantitative estimate of drug-likeness (QED) is 0.587. The zero-order valence-corrected chi connectivity index (χ0v) is 9.31. The van der Waals surface area contributed by atoms with E-state index in [4.69, 9.17) is 0 Å². The molecule has 1 aliphatic rings. The van der Waals surface area contributed by atoms with Gasteiger partial charge in [-0.3, -0.25) is 4.90 Å². The van der Waals surface area contributed by atoms with Crippen LogP contribution in [0, 0.1) is 0 Å². The van der Waals surface area contributed by atoms with E-state index >= 15 is 0 Å². The van der Waals surface area contributed by atoms with Crippen molar-refractivity contribution in [2.75, 3.05) is 27.2 Å². The summed E-state index contributed by atoms with van der Waals surface area (Å²) in [5, 5.41) is 0. The van der Waals surface area contributed by atoms with Gasteiger partial charge in [0.15, 0.2) is 0 Å². The molecule has 2 nitrogen and oxygen atoms in total. The van der Waals surface area contributed by atoms with Gasteiger partial charge in [-0.15, -0.1) is 0 Å². The van der Waals surface area contributed by atoms with Gasteiger partial charge in [0.25, 0.3) is 0 Å². The van der Waals surface area contributed by atoms with E-state index in [0.29, 0.717) is 5.54 Å². The van der Waals surface area contributed by atoms with Gasteiger partial charge in [0, 0.05) is 24.2 Å². The van der Waals surface area contributed by atoms with E-state index in [-0.39, 0.29) is 5.54 Å². The van der Waals surface area contributed by atoms with Crippen LogP contribution in [0.4, 0.5) is 0 Å². The molecule has 0 amide bonds. The van der Waals surface area contributed by atoms with Crippen molar-refractivity contribution < 1.29 is 0 Å². The average molecular weight is 170 g/mol. The van der Waals surface area contributed by atoms with Crippen LogP contribution in [0.3, 0.4) is 0 Å². The zero-order valence-electron chi connectivity index (χ0n) is 9.31. The molecule has 0 saturated carbocycles. The van der Waals surface area contributed by atoms with Crippen LogP contribution in [0.5, 0.6) is 0 Å². The predicted octanol–water partition coefficient (Wildman–Crippen LogP) is 1.42. The average Bonchev–Trinajstić information content (AvgIpc) is 1.81. The Hall–Kier alpha value is -0.0800. The van der Waals surface area contributed by atoms with E-state index in [9.17, 15) is 0 Å². The molecule has 0 aromatic carbocycles. The van der Waals surface area contributed by atoms with Crippen molar-refractivity contribution >= 4 is 0 Å². The standard InChI is InChI=1S/C10H22N2/c1-9(2,3)12(6)10(4)7-11(5)8-10/h7-8H2,1-6H3. The first-order chi connectivity index (χ1) is 5.26. The molecule has 0 radical (unpaired) electrons. The molecule has 0 unspecified atom stereocenters. The van der Waals surface area contributed by atoms with Gasteiger partial charge in [-0.25, -0.2) is 0 Å². The third kappa shape index (κ3) is 1.64. The highest BCUT2D eigenvalue weighted by molar-refractivity contribution is 5.01. The molecule has 0 N–H and O–H groups in total. The first-order valence-electron chi connectivity index (χ1n) is 4.68. The van der Waals surface area contributed by atoms with Crippen LogP contribution < -0.4 is 0 Å². The highest BCUT2D eigenvalue weighted by atomic mass is 15.3. The normalized spacial score (nSPS) is 24.2. The van der Waals surface area contributed by atoms with E-state index in [0.717, 1.165) is 0 Å². The van der Waals surface area contributed by atoms with E-state index in [1.165, 1.54) is 13.1 Å². The molecule has 0 bridgehead atoms. The molecule has 72 valence electrons. The lowest BCUT2D eigenvalue weighted by Gasteiger charge is -2.56. The second-order valence-corrected chi connectivity index (χ2v) is 5.40. The first kappa shape index (κ1) is 10.0. The monoisotopic (exact) mass is 170 g/mol. The van der Waals surface area contributed by atoms with Gasteiger partial charge < -0.3 is 4.90 Å². The minimum Gasteiger partial charge on any atom is -0.303 e. The third-order valence-corrected chi connectivity index (χ3v) is 3.04. The second kappa shape index (κ2) is 2.71. The lowest BCUT2D eigenvalue weighted by atomic mass is 9.87. The maximum Gasteiger partial charge on any atom is 0.0436 e. The Bertz CT molecular complexity index is 163. The SMILES string of the molecule is CN1CC(C)(N(C)C(C)(C)C)C1. The van der Waals surface area contributed by atoms with Gasteiger partial charge in [0.05, 0.1) is 0 Å². The second-order valence-electron chi connectivity index (χ2n) is 5.40. The Kier molecular flexibility index (Phi) is 2.26. The summed E-state index contributed by atoms with van der Waals surface area (Å²) in [7, 11) is 4.41. The van der Waals surface area contributed by atoms with Crippen LogP contribution in [0.25, 0.3) is 0 Å². The molecule has 0 atom stereocenters. The van der Waals surface area contributed by atoms with Crippen molar-refractivity contribution in [3.63, 3.8) is 0 Å². The van der Waals surface area contributed by atoms with E-state index in [1.54, 1.807) is 0 Å². The summed E-state index contributed by atoms with van der Waals surface area (Å²) in [6, 6.07) is 0. The van der Waals surface area contributed by atoms with Gasteiger partial charge in [-0.1, -0.05) is 0 Å². The molecule has 12 heavy (non-hydrogen) atoms. The molecule has 0 aliphatic carbocycles. The van der Waals surface area contributed by atoms with Crippen LogP contribution >= 0.6 is 0 Å². The highest BCUT2D eigenvalue weighted by Gasteiger charge is 2.43. The van der Waals surface area contributed by atoms with Crippen molar-refractivity contribution in [3.8, 4) is 0 Å². The highest BCUT2D eigenvalue weighted by Crippen LogP contribution is 2.30. The molecule has 1 saturated heterocycles. The molecule has 1 rings (SSSR count). The van der Waals surface area contributed by atoms with Crippen molar-refractivity contribution in [2.24, 2.45) is 0 Å². The summed E-state index contributed by atoms with van der Waals surface area (Å²) >= 11 is 0. The summed E-state index contributed by atoms with van der Waals surface area (Å²) < 4.78 is 0. The van der Waals surface area contributed by atoms with Crippen molar-refractivity contribution in [1.82, 2.24) is 9.80 Å². The molecule has 1 fully saturated rings. The molecular weight excluding hydrogens is 148 g/mol. The summed E-state index contributed by atoms with van der Waals surface area (Å²) in [4.78, 5) is 4.85. The molecule has 2 heteroatoms. The van der Waals surface area contributed by atoms with Crippen LogP contribution in [-0.2, 0) is 0 Å². The molecule has 1 aliphatic heterocycles. The zero-order chi connectivity index (χ0) is 9.57. The Morgan fingerprint density at radius 3 is 1.92 bits per heavy atom. The molecule has 1 heterocycles. The van der Waals surface area contributed by atoms with Gasteiger partial charge >= 0.3 is 0 Å². The smallest absolute Gasteiger partial charge is 0.0436 e. The van der Waals surface area contributed by atoms with Gasteiger partial charge in [0.2, 0.25) is 0 Å². The van der Waals surface area contributed by atoms with Crippen molar-refractivity contribution in [1.29, 1.82) is 0 Å². The largest absolute Gasteiger partial charge is 0.303 e. The van der Waals surface area contributed by atoms with E-state index in [2.05, 4.69) is 51.6 Å². The van der Waals surface area contributed by atoms with Crippen LogP contribution in [0.15, 0.2) is 0 Å². The number of likely N-dealkylation sites (tertiary alicyclic amines) is 1. The van der Waals surface area contributed by atoms with Crippen LogP contribution in [0.1, 0.15) is 27.7 Å². The summed E-state index contributed by atoms with van der Waals surface area (Å²) in [5.41, 5.74) is 0.684. The number of rotatable bonds is 1. The van der Waals surface area contributed by atoms with Gasteiger partial charge in [-0.05, 0) is 41.8 Å². The van der Waals surface area contributed by atoms with Gasteiger partial charge in [0.1, 0.15) is 0 Å². The van der Waals surface area contributed by atoms with Gasteiger partial charge in [-0.2, -0.15) is 0 Å². The Morgan fingerprint density at radius 2 is 1.67 bits per heavy atom. The lowest BCUT2D eigenvalue weighted by molar-refractivity contribution is -0.0577. The Balaban J connectivity index is 2.59. The van der Waals surface area contributed by atoms with E-state index in [1.807, 2.05) is 0 Å². The molecular formula is C10H22N2. The Labute approximate surface area is 76.5 Å². The molecule has 0 aromatic rings. The fraction of sp³-hybridized carbons (Fsp3) is 1.00. The number of hydrogen-bond acceptors (Lipinski definition) is 2. The fourth-order valence-corrected chi connectivity index (χ4v) is 2.14. The maximum absolute atomic E-state index is 2.49. The van der Waals surface area contributed by atoms with Crippen LogP contribution in [-0.4, -0.2) is 48.1 Å². The third-order valence-electron chi connectivity index (χ3n) is 3.04. The minimum absolute atomic E-state index is 0.288. The minimum atomic E-state index is 0.288. The maximum atomic E-state index is 2.49. The molecule has 0 spiro atoms. The lowest BCUT2D eigenvalue weighted by Crippen LogP contribution is -2.69. The summed E-state index contributed by atoms with van der Waals surface area (Å²) in [6.07, 6.45) is 0. The topological polar surface area (TPSA) is 6.48 Å². The predicted molar refractivity (Wildman–Crippen MR) is 53.4 cm³/mol. The first-order valence-corrected chi connectivity index (χ1v) is 4.68. The molecule has 0 aromatic heterocycles. The Morgan fingerprint density at radius 1 is 1.25 bits per heavy atom. The summed E-state index contributed by atoms with van der Waals surface area (Å²) in [5.74, 6) is 0. The number of hydrogen-bond donors (Lipinski definition) is 0. The fourth-order valence-electron chi connectivity index (χ4n) is 2.14. The number of nitrogens with zero attached hydrogens (tertiary/aromatic N) is 2. The van der Waals surface area contributed by atoms with Crippen molar-refractivity contribution in [2.45, 2.75) is 38.8 Å². The van der Waals surface area contributed by atoms with Crippen molar-refractivity contribution in [3.05, 3.63) is 0 Å². The van der Waals surface area contributed by atoms with Crippen LogP contribution in [0.2, 0.25) is 0 Å². The number of likely N-dealkylation sites (N-methyl/N-ethyl adjacent to an activating group) is 2. The summed E-state index contributed by atoms with van der Waals surface area (Å²) in [6.45, 7) is 11.6. The van der Waals surface area contributed by atoms with E-state index < -0.39 is 0 Å².